The summed E-state index contributed by atoms with van der Waals surface area (Å²) < 4.78 is 23.2. The van der Waals surface area contributed by atoms with Gasteiger partial charge in [-0.25, -0.2) is 14.4 Å². The third-order valence-electron chi connectivity index (χ3n) is 7.56. The summed E-state index contributed by atoms with van der Waals surface area (Å²) in [6.45, 7) is 15.1. The molecule has 50 heavy (non-hydrogen) atoms. The Hall–Kier alpha value is -5.85. The second-order valence-corrected chi connectivity index (χ2v) is 12.6. The van der Waals surface area contributed by atoms with Gasteiger partial charge in [-0.05, 0) is 92.1 Å². The van der Waals surface area contributed by atoms with E-state index in [0.29, 0.717) is 22.6 Å². The number of hydrogen-bond donors (Lipinski definition) is 3. The van der Waals surface area contributed by atoms with Crippen LogP contribution >= 0.6 is 0 Å². The van der Waals surface area contributed by atoms with Crippen molar-refractivity contribution in [2.45, 2.75) is 73.8 Å². The number of carbonyl (C=O) groups is 1. The topological polar surface area (TPSA) is 178 Å². The lowest BCUT2D eigenvalue weighted by atomic mass is 10.1. The first-order valence-electron chi connectivity index (χ1n) is 16.0. The van der Waals surface area contributed by atoms with Crippen LogP contribution in [-0.4, -0.2) is 32.6 Å². The highest BCUT2D eigenvalue weighted by Crippen LogP contribution is 2.30. The Labute approximate surface area is 287 Å². The second kappa shape index (κ2) is 15.6. The molecule has 0 radical (unpaired) electrons. The molecular weight excluding hydrogens is 644 g/mol. The van der Waals surface area contributed by atoms with Gasteiger partial charge in [0, 0.05) is 0 Å². The molecule has 264 valence electrons. The third kappa shape index (κ3) is 8.78. The normalized spacial score (nSPS) is 10.9. The fourth-order valence-electron chi connectivity index (χ4n) is 5.52. The summed E-state index contributed by atoms with van der Waals surface area (Å²) in [6, 6.07) is 12.8. The lowest BCUT2D eigenvalue weighted by molar-refractivity contribution is 0.0597. The molecule has 0 fully saturated rings. The van der Waals surface area contributed by atoms with E-state index in [0.717, 1.165) is 22.3 Å². The number of nitrogens with one attached hydrogen (secondary N) is 3. The first-order chi connectivity index (χ1) is 23.6. The number of carbonyl (C=O) groups excluding carboxylic acids is 1. The summed E-state index contributed by atoms with van der Waals surface area (Å²) in [6.07, 6.45) is 1.34. The number of ether oxygens (including phenoxy) is 3. The molecule has 0 saturated carbocycles. The van der Waals surface area contributed by atoms with Crippen molar-refractivity contribution in [1.82, 2.24) is 19.5 Å². The summed E-state index contributed by atoms with van der Waals surface area (Å²) in [4.78, 5) is 67.6. The van der Waals surface area contributed by atoms with Gasteiger partial charge in [0.05, 0.1) is 31.0 Å². The Morgan fingerprint density at radius 1 is 0.740 bits per heavy atom. The number of nitrogens with zero attached hydrogens (tertiary/aromatic N) is 1. The van der Waals surface area contributed by atoms with Crippen LogP contribution in [0.4, 0.5) is 0 Å². The average Bonchev–Trinajstić information content (AvgIpc) is 3.45. The molecule has 0 aliphatic rings. The summed E-state index contributed by atoms with van der Waals surface area (Å²) in [7, 11) is 1.26. The SMILES string of the molecule is COC(=O)c1ccoc1Cn1c(Oc2cc(C)cc(C)c2)c(C(C)C)c(=O)[nH]c1=O.Cc1cc(C)cc(Oc2[nH]c(=O)[nH]c(=O)c2C(C)C)c1. The number of methoxy groups -OCH3 is 1. The minimum atomic E-state index is -0.670. The number of furan rings is 1. The van der Waals surface area contributed by atoms with Gasteiger partial charge in [-0.15, -0.1) is 0 Å². The zero-order valence-corrected chi connectivity index (χ0v) is 29.6. The molecule has 3 heterocycles. The van der Waals surface area contributed by atoms with Crippen LogP contribution in [-0.2, 0) is 11.3 Å². The maximum absolute atomic E-state index is 12.7. The van der Waals surface area contributed by atoms with Crippen LogP contribution in [0.1, 0.15) is 89.0 Å². The Kier molecular flexibility index (Phi) is 11.5. The number of benzene rings is 2. The van der Waals surface area contributed by atoms with Gasteiger partial charge in [0.15, 0.2) is 0 Å². The van der Waals surface area contributed by atoms with Gasteiger partial charge in [0.25, 0.3) is 11.1 Å². The number of aryl methyl sites for hydroxylation is 4. The quantitative estimate of drug-likeness (QED) is 0.155. The van der Waals surface area contributed by atoms with E-state index in [2.05, 4.69) is 15.0 Å². The molecule has 0 aliphatic carbocycles. The lowest BCUT2D eigenvalue weighted by Crippen LogP contribution is -2.34. The summed E-state index contributed by atoms with van der Waals surface area (Å²) in [5.41, 5.74) is 2.85. The Morgan fingerprint density at radius 2 is 1.26 bits per heavy atom. The standard InChI is InChI=1S/C22H24N2O6.C15H18N2O3/c1-12(2)18-19(25)23-22(27)24(11-17-16(6-7-29-17)21(26)28-5)20(18)30-15-9-13(3)8-14(4)10-15;1-8(2)12-13(18)16-15(19)17-14(12)20-11-6-9(3)5-10(4)7-11/h6-10,12H,11H2,1-5H3,(H,23,25,27);5-8H,1-4H3,(H2,16,17,18,19). The Morgan fingerprint density at radius 3 is 1.78 bits per heavy atom. The monoisotopic (exact) mass is 686 g/mol. The lowest BCUT2D eigenvalue weighted by Gasteiger charge is -2.18. The second-order valence-electron chi connectivity index (χ2n) is 12.6. The molecule has 0 unspecified atom stereocenters. The highest BCUT2D eigenvalue weighted by atomic mass is 16.5. The Bertz CT molecular complexity index is 2210. The van der Waals surface area contributed by atoms with E-state index in [9.17, 15) is 24.0 Å². The maximum Gasteiger partial charge on any atom is 0.341 e. The molecule has 2 aromatic carbocycles. The van der Waals surface area contributed by atoms with E-state index in [4.69, 9.17) is 18.6 Å². The zero-order chi connectivity index (χ0) is 36.9. The first-order valence-corrected chi connectivity index (χ1v) is 16.0. The summed E-state index contributed by atoms with van der Waals surface area (Å²) >= 11 is 0. The average molecular weight is 687 g/mol. The van der Waals surface area contributed by atoms with Gasteiger partial charge in [0.2, 0.25) is 11.8 Å². The fourth-order valence-corrected chi connectivity index (χ4v) is 5.52. The number of esters is 1. The summed E-state index contributed by atoms with van der Waals surface area (Å²) in [5.74, 6) is 0.768. The molecule has 13 nitrogen and oxygen atoms in total. The van der Waals surface area contributed by atoms with Crippen LogP contribution in [0.25, 0.3) is 0 Å². The van der Waals surface area contributed by atoms with Crippen molar-refractivity contribution in [1.29, 1.82) is 0 Å². The van der Waals surface area contributed by atoms with E-state index in [1.54, 1.807) is 0 Å². The number of rotatable bonds is 9. The van der Waals surface area contributed by atoms with Gasteiger partial charge < -0.3 is 18.6 Å². The first kappa shape index (κ1) is 37.0. The minimum absolute atomic E-state index is 0.0588. The molecule has 0 aliphatic heterocycles. The van der Waals surface area contributed by atoms with Gasteiger partial charge >= 0.3 is 17.3 Å². The third-order valence-corrected chi connectivity index (χ3v) is 7.56. The van der Waals surface area contributed by atoms with Crippen molar-refractivity contribution < 1.29 is 23.4 Å². The molecule has 0 atom stereocenters. The van der Waals surface area contributed by atoms with E-state index in [1.807, 2.05) is 91.8 Å². The highest BCUT2D eigenvalue weighted by Gasteiger charge is 2.23. The molecule has 5 aromatic rings. The van der Waals surface area contributed by atoms with E-state index < -0.39 is 28.5 Å². The van der Waals surface area contributed by atoms with Crippen molar-refractivity contribution >= 4 is 5.97 Å². The van der Waals surface area contributed by atoms with Gasteiger partial charge in [-0.1, -0.05) is 39.8 Å². The van der Waals surface area contributed by atoms with Gasteiger partial charge in [-0.3, -0.25) is 29.1 Å². The molecular formula is C37H42N4O9. The molecule has 0 saturated heterocycles. The predicted octanol–water partition coefficient (Wildman–Crippen LogP) is 6.09. The number of H-pyrrole nitrogens is 3. The van der Waals surface area contributed by atoms with Crippen LogP contribution in [0, 0.1) is 27.7 Å². The van der Waals surface area contributed by atoms with Crippen LogP contribution in [0.5, 0.6) is 23.3 Å². The molecule has 0 amide bonds. The summed E-state index contributed by atoms with van der Waals surface area (Å²) in [5, 5.41) is 0. The zero-order valence-electron chi connectivity index (χ0n) is 29.6. The maximum atomic E-state index is 12.7. The molecule has 5 rings (SSSR count). The largest absolute Gasteiger partial charge is 0.467 e. The molecule has 13 heteroatoms. The number of aromatic amines is 3. The highest BCUT2D eigenvalue weighted by molar-refractivity contribution is 5.90. The minimum Gasteiger partial charge on any atom is -0.467 e. The molecule has 0 bridgehead atoms. The van der Waals surface area contributed by atoms with Crippen LogP contribution in [0.2, 0.25) is 0 Å². The van der Waals surface area contributed by atoms with Crippen molar-refractivity contribution in [2.75, 3.05) is 7.11 Å². The van der Waals surface area contributed by atoms with Crippen molar-refractivity contribution in [3.05, 3.63) is 135 Å². The molecule has 0 spiro atoms. The van der Waals surface area contributed by atoms with Crippen molar-refractivity contribution in [2.24, 2.45) is 0 Å². The fraction of sp³-hybridized carbons (Fsp3) is 0.324. The smallest absolute Gasteiger partial charge is 0.341 e. The molecule has 3 N–H and O–H groups in total. The van der Waals surface area contributed by atoms with Crippen LogP contribution < -0.4 is 32.0 Å². The van der Waals surface area contributed by atoms with Crippen molar-refractivity contribution in [3.63, 3.8) is 0 Å². The number of hydrogen-bond acceptors (Lipinski definition) is 9. The number of aromatic nitrogens is 4. The molecule has 3 aromatic heterocycles. The van der Waals surface area contributed by atoms with E-state index in [-0.39, 0.29) is 41.5 Å². The van der Waals surface area contributed by atoms with Crippen LogP contribution in [0.3, 0.4) is 0 Å². The van der Waals surface area contributed by atoms with Gasteiger partial charge in [0.1, 0.15) is 22.8 Å². The predicted molar refractivity (Wildman–Crippen MR) is 188 cm³/mol. The van der Waals surface area contributed by atoms with Crippen LogP contribution in [0.15, 0.2) is 72.3 Å². The van der Waals surface area contributed by atoms with Gasteiger partial charge in [-0.2, -0.15) is 0 Å². The van der Waals surface area contributed by atoms with E-state index >= 15 is 0 Å². The van der Waals surface area contributed by atoms with E-state index in [1.165, 1.54) is 24.0 Å². The Balaban J connectivity index is 0.000000244. The van der Waals surface area contributed by atoms with Crippen molar-refractivity contribution in [3.8, 4) is 23.3 Å².